The number of carbonyl (C=O) groups excluding carboxylic acids is 1. The van der Waals surface area contributed by atoms with E-state index in [0.29, 0.717) is 23.8 Å². The molecule has 0 spiro atoms. The molecule has 138 valence electrons. The maximum absolute atomic E-state index is 12.6. The van der Waals surface area contributed by atoms with Crippen molar-refractivity contribution in [1.29, 1.82) is 0 Å². The molecule has 3 aromatic rings. The molecular formula is C19H18N4O4. The van der Waals surface area contributed by atoms with Crippen molar-refractivity contribution in [3.63, 3.8) is 0 Å². The summed E-state index contributed by atoms with van der Waals surface area (Å²) in [6.07, 6.45) is 0. The number of hydrogen-bond donors (Lipinski definition) is 0. The number of nitro benzene ring substituents is 1. The van der Waals surface area contributed by atoms with E-state index in [2.05, 4.69) is 10.1 Å². The third kappa shape index (κ3) is 4.17. The molecule has 1 aromatic heterocycles. The second kappa shape index (κ2) is 7.77. The van der Waals surface area contributed by atoms with Gasteiger partial charge in [-0.25, -0.2) is 0 Å². The minimum Gasteiger partial charge on any atom is -0.337 e. The highest BCUT2D eigenvalue weighted by molar-refractivity contribution is 5.94. The Bertz CT molecular complexity index is 949. The number of amides is 1. The summed E-state index contributed by atoms with van der Waals surface area (Å²) in [7, 11) is 0. The molecule has 3 rings (SSSR count). The van der Waals surface area contributed by atoms with Crippen molar-refractivity contribution in [3.05, 3.63) is 75.7 Å². The van der Waals surface area contributed by atoms with E-state index >= 15 is 0 Å². The normalized spacial score (nSPS) is 10.6. The molecule has 27 heavy (non-hydrogen) atoms. The number of aryl methyl sites for hydroxylation is 1. The lowest BCUT2D eigenvalue weighted by Gasteiger charge is -2.18. The van der Waals surface area contributed by atoms with Crippen LogP contribution in [0.3, 0.4) is 0 Å². The van der Waals surface area contributed by atoms with E-state index in [-0.39, 0.29) is 18.1 Å². The Balaban J connectivity index is 1.74. The largest absolute Gasteiger partial charge is 0.337 e. The van der Waals surface area contributed by atoms with E-state index in [4.69, 9.17) is 4.52 Å². The van der Waals surface area contributed by atoms with Crippen molar-refractivity contribution in [2.24, 2.45) is 0 Å². The average molecular weight is 366 g/mol. The van der Waals surface area contributed by atoms with Crippen molar-refractivity contribution < 1.29 is 14.2 Å². The molecule has 0 radical (unpaired) electrons. The second-order valence-electron chi connectivity index (χ2n) is 6.00. The van der Waals surface area contributed by atoms with Gasteiger partial charge >= 0.3 is 0 Å². The molecule has 0 fully saturated rings. The lowest BCUT2D eigenvalue weighted by Crippen LogP contribution is -2.30. The van der Waals surface area contributed by atoms with Gasteiger partial charge in [-0.1, -0.05) is 35.0 Å². The molecule has 8 nitrogen and oxygen atoms in total. The minimum atomic E-state index is -0.503. The summed E-state index contributed by atoms with van der Waals surface area (Å²) < 4.78 is 5.27. The first-order chi connectivity index (χ1) is 13.0. The minimum absolute atomic E-state index is 0.0609. The zero-order valence-corrected chi connectivity index (χ0v) is 15.0. The van der Waals surface area contributed by atoms with Crippen LogP contribution < -0.4 is 0 Å². The lowest BCUT2D eigenvalue weighted by molar-refractivity contribution is -0.384. The number of nitrogens with zero attached hydrogens (tertiary/aromatic N) is 4. The number of non-ortho nitro benzene ring substituents is 1. The highest BCUT2D eigenvalue weighted by Gasteiger charge is 2.19. The maximum Gasteiger partial charge on any atom is 0.269 e. The van der Waals surface area contributed by atoms with Crippen molar-refractivity contribution in [1.82, 2.24) is 15.0 Å². The molecule has 0 saturated carbocycles. The molecule has 0 saturated heterocycles. The van der Waals surface area contributed by atoms with Gasteiger partial charge in [0.1, 0.15) is 6.54 Å². The van der Waals surface area contributed by atoms with Crippen molar-refractivity contribution in [3.8, 4) is 11.4 Å². The molecule has 0 N–H and O–H groups in total. The third-order valence-corrected chi connectivity index (χ3v) is 4.10. The van der Waals surface area contributed by atoms with E-state index in [9.17, 15) is 14.9 Å². The summed E-state index contributed by atoms with van der Waals surface area (Å²) in [5, 5.41) is 14.7. The summed E-state index contributed by atoms with van der Waals surface area (Å²) >= 11 is 0. The van der Waals surface area contributed by atoms with Crippen LogP contribution in [0.25, 0.3) is 11.4 Å². The molecule has 0 unspecified atom stereocenters. The van der Waals surface area contributed by atoms with Crippen LogP contribution in [0.2, 0.25) is 0 Å². The SMILES string of the molecule is CCN(Cc1nc(-c2ccc(C)cc2)no1)C(=O)c1ccc([N+](=O)[O-])cc1. The first kappa shape index (κ1) is 18.2. The second-order valence-corrected chi connectivity index (χ2v) is 6.00. The molecule has 1 heterocycles. The van der Waals surface area contributed by atoms with E-state index < -0.39 is 4.92 Å². The Morgan fingerprint density at radius 3 is 2.41 bits per heavy atom. The summed E-state index contributed by atoms with van der Waals surface area (Å²) in [4.78, 5) is 28.8. The van der Waals surface area contributed by atoms with Gasteiger partial charge in [0.25, 0.3) is 11.6 Å². The van der Waals surface area contributed by atoms with Gasteiger partial charge in [-0.05, 0) is 26.0 Å². The van der Waals surface area contributed by atoms with Gasteiger partial charge < -0.3 is 9.42 Å². The Morgan fingerprint density at radius 1 is 1.15 bits per heavy atom. The Kier molecular flexibility index (Phi) is 5.25. The fraction of sp³-hybridized carbons (Fsp3) is 0.211. The number of rotatable bonds is 6. The Hall–Kier alpha value is -3.55. The number of benzene rings is 2. The summed E-state index contributed by atoms with van der Waals surface area (Å²) in [5.74, 6) is 0.522. The zero-order valence-electron chi connectivity index (χ0n) is 15.0. The molecular weight excluding hydrogens is 348 g/mol. The number of carbonyl (C=O) groups is 1. The maximum atomic E-state index is 12.6. The van der Waals surface area contributed by atoms with Crippen LogP contribution in [0, 0.1) is 17.0 Å². The van der Waals surface area contributed by atoms with Gasteiger partial charge in [0.05, 0.1) is 4.92 Å². The van der Waals surface area contributed by atoms with Crippen molar-refractivity contribution in [2.75, 3.05) is 6.54 Å². The van der Waals surface area contributed by atoms with Gasteiger partial charge in [0.15, 0.2) is 0 Å². The molecule has 0 aliphatic heterocycles. The van der Waals surface area contributed by atoms with Crippen LogP contribution in [-0.2, 0) is 6.54 Å². The highest BCUT2D eigenvalue weighted by atomic mass is 16.6. The van der Waals surface area contributed by atoms with Crippen LogP contribution in [0.15, 0.2) is 53.1 Å². The fourth-order valence-electron chi connectivity index (χ4n) is 2.54. The van der Waals surface area contributed by atoms with E-state index in [1.807, 2.05) is 38.1 Å². The summed E-state index contributed by atoms with van der Waals surface area (Å²) in [6.45, 7) is 4.41. The van der Waals surface area contributed by atoms with E-state index in [0.717, 1.165) is 11.1 Å². The zero-order chi connectivity index (χ0) is 19.4. The lowest BCUT2D eigenvalue weighted by atomic mass is 10.1. The van der Waals surface area contributed by atoms with Crippen molar-refractivity contribution in [2.45, 2.75) is 20.4 Å². The van der Waals surface area contributed by atoms with Gasteiger partial charge in [-0.15, -0.1) is 0 Å². The highest BCUT2D eigenvalue weighted by Crippen LogP contribution is 2.18. The van der Waals surface area contributed by atoms with Crippen LogP contribution in [-0.4, -0.2) is 32.4 Å². The summed E-state index contributed by atoms with van der Waals surface area (Å²) in [5.41, 5.74) is 2.27. The Morgan fingerprint density at radius 2 is 1.81 bits per heavy atom. The van der Waals surface area contributed by atoms with E-state index in [1.165, 1.54) is 29.2 Å². The molecule has 0 bridgehead atoms. The molecule has 1 amide bonds. The molecule has 8 heteroatoms. The first-order valence-electron chi connectivity index (χ1n) is 8.41. The number of nitro groups is 1. The molecule has 0 aliphatic rings. The topological polar surface area (TPSA) is 102 Å². The van der Waals surface area contributed by atoms with Gasteiger partial charge in [0, 0.05) is 29.8 Å². The predicted octanol–water partition coefficient (Wildman–Crippen LogP) is 3.62. The quantitative estimate of drug-likeness (QED) is 0.488. The number of aromatic nitrogens is 2. The molecule has 0 aliphatic carbocycles. The summed E-state index contributed by atoms with van der Waals surface area (Å²) in [6, 6.07) is 13.2. The van der Waals surface area contributed by atoms with Crippen LogP contribution in [0.1, 0.15) is 28.7 Å². The van der Waals surface area contributed by atoms with Crippen molar-refractivity contribution >= 4 is 11.6 Å². The van der Waals surface area contributed by atoms with E-state index in [1.54, 1.807) is 0 Å². The van der Waals surface area contributed by atoms with Gasteiger partial charge in [-0.3, -0.25) is 14.9 Å². The van der Waals surface area contributed by atoms with Crippen LogP contribution in [0.4, 0.5) is 5.69 Å². The number of hydrogen-bond acceptors (Lipinski definition) is 6. The van der Waals surface area contributed by atoms with Gasteiger partial charge in [-0.2, -0.15) is 4.98 Å². The predicted molar refractivity (Wildman–Crippen MR) is 98.0 cm³/mol. The van der Waals surface area contributed by atoms with Crippen LogP contribution in [0.5, 0.6) is 0 Å². The average Bonchev–Trinajstić information content (AvgIpc) is 3.15. The first-order valence-corrected chi connectivity index (χ1v) is 8.41. The van der Waals surface area contributed by atoms with Crippen LogP contribution >= 0.6 is 0 Å². The Labute approximate surface area is 155 Å². The smallest absolute Gasteiger partial charge is 0.269 e. The standard InChI is InChI=1S/C19H18N4O4/c1-3-22(19(24)15-8-10-16(11-9-15)23(25)26)12-17-20-18(21-27-17)14-6-4-13(2)5-7-14/h4-11H,3,12H2,1-2H3. The van der Waals surface area contributed by atoms with Gasteiger partial charge in [0.2, 0.25) is 11.7 Å². The molecule has 2 aromatic carbocycles. The third-order valence-electron chi connectivity index (χ3n) is 4.10. The monoisotopic (exact) mass is 366 g/mol. The fourth-order valence-corrected chi connectivity index (χ4v) is 2.54. The molecule has 0 atom stereocenters.